The van der Waals surface area contributed by atoms with Crippen molar-refractivity contribution in [3.05, 3.63) is 51.5 Å². The van der Waals surface area contributed by atoms with Crippen molar-refractivity contribution in [2.75, 3.05) is 12.4 Å². The Balaban J connectivity index is 1.82. The molecule has 2 aromatic heterocycles. The number of amides is 1. The Hall–Kier alpha value is -2.31. The fraction of sp³-hybridized carbons (Fsp3) is 0.125. The molecule has 0 fully saturated rings. The van der Waals surface area contributed by atoms with E-state index in [2.05, 4.69) is 10.3 Å². The molecule has 0 aliphatic carbocycles. The average molecular weight is 349 g/mol. The van der Waals surface area contributed by atoms with Crippen LogP contribution in [-0.2, 0) is 0 Å². The molecule has 3 rings (SSSR count). The minimum Gasteiger partial charge on any atom is -0.495 e. The van der Waals surface area contributed by atoms with Crippen molar-refractivity contribution in [1.29, 1.82) is 0 Å². The van der Waals surface area contributed by atoms with Gasteiger partial charge in [0.1, 0.15) is 11.4 Å². The Morgan fingerprint density at radius 3 is 2.87 bits per heavy atom. The molecule has 0 bridgehead atoms. The molecule has 1 aromatic carbocycles. The van der Waals surface area contributed by atoms with Gasteiger partial charge in [-0.2, -0.15) is 0 Å². The number of anilines is 1. The molecule has 1 N–H and O–H groups in total. The number of thiazole rings is 1. The van der Waals surface area contributed by atoms with Crippen LogP contribution in [0.25, 0.3) is 11.5 Å². The Morgan fingerprint density at radius 1 is 1.35 bits per heavy atom. The third-order valence-electron chi connectivity index (χ3n) is 3.11. The topological polar surface area (TPSA) is 64.4 Å². The molecule has 0 saturated heterocycles. The molecule has 0 aliphatic rings. The van der Waals surface area contributed by atoms with Gasteiger partial charge in [0.2, 0.25) is 0 Å². The van der Waals surface area contributed by atoms with E-state index in [1.165, 1.54) is 18.4 Å². The molecule has 0 spiro atoms. The van der Waals surface area contributed by atoms with E-state index < -0.39 is 0 Å². The van der Waals surface area contributed by atoms with Crippen molar-refractivity contribution >= 4 is 34.5 Å². The SMILES string of the molecule is COc1ccc(Cl)cc1NC(=O)c1ccc(-c2csc(C)n2)o1. The maximum Gasteiger partial charge on any atom is 0.291 e. The molecule has 118 valence electrons. The predicted molar refractivity (Wildman–Crippen MR) is 90.5 cm³/mol. The number of ether oxygens (including phenoxy) is 1. The van der Waals surface area contributed by atoms with Gasteiger partial charge in [-0.15, -0.1) is 11.3 Å². The van der Waals surface area contributed by atoms with Gasteiger partial charge in [0.15, 0.2) is 11.5 Å². The second-order valence-corrected chi connectivity index (χ2v) is 6.21. The van der Waals surface area contributed by atoms with Crippen LogP contribution < -0.4 is 10.1 Å². The zero-order valence-corrected chi connectivity index (χ0v) is 14.0. The van der Waals surface area contributed by atoms with E-state index in [0.717, 1.165) is 5.01 Å². The first-order valence-electron chi connectivity index (χ1n) is 6.74. The van der Waals surface area contributed by atoms with Crippen LogP contribution in [0.15, 0.2) is 40.1 Å². The molecule has 7 heteroatoms. The fourth-order valence-electron chi connectivity index (χ4n) is 2.04. The first-order chi connectivity index (χ1) is 11.1. The molecule has 0 atom stereocenters. The highest BCUT2D eigenvalue weighted by Gasteiger charge is 2.16. The zero-order valence-electron chi connectivity index (χ0n) is 12.4. The highest BCUT2D eigenvalue weighted by molar-refractivity contribution is 7.09. The lowest BCUT2D eigenvalue weighted by atomic mass is 10.3. The van der Waals surface area contributed by atoms with Crippen LogP contribution in [0.2, 0.25) is 5.02 Å². The number of methoxy groups -OCH3 is 1. The molecular weight excluding hydrogens is 336 g/mol. The van der Waals surface area contributed by atoms with Crippen LogP contribution >= 0.6 is 22.9 Å². The monoisotopic (exact) mass is 348 g/mol. The number of aryl methyl sites for hydroxylation is 1. The number of rotatable bonds is 4. The summed E-state index contributed by atoms with van der Waals surface area (Å²) in [5, 5.41) is 6.05. The van der Waals surface area contributed by atoms with E-state index in [9.17, 15) is 4.79 Å². The number of carbonyl (C=O) groups is 1. The first-order valence-corrected chi connectivity index (χ1v) is 8.00. The number of furan rings is 1. The molecule has 5 nitrogen and oxygen atoms in total. The highest BCUT2D eigenvalue weighted by Crippen LogP contribution is 2.29. The van der Waals surface area contributed by atoms with Gasteiger partial charge >= 0.3 is 0 Å². The lowest BCUT2D eigenvalue weighted by Crippen LogP contribution is -2.11. The lowest BCUT2D eigenvalue weighted by Gasteiger charge is -2.09. The van der Waals surface area contributed by atoms with Crippen molar-refractivity contribution in [3.63, 3.8) is 0 Å². The summed E-state index contributed by atoms with van der Waals surface area (Å²) in [7, 11) is 1.52. The summed E-state index contributed by atoms with van der Waals surface area (Å²) >= 11 is 7.48. The third-order valence-corrected chi connectivity index (χ3v) is 4.12. The van der Waals surface area contributed by atoms with Crippen molar-refractivity contribution in [2.24, 2.45) is 0 Å². The highest BCUT2D eigenvalue weighted by atomic mass is 35.5. The number of nitrogens with one attached hydrogen (secondary N) is 1. The Kier molecular flexibility index (Phi) is 4.36. The van der Waals surface area contributed by atoms with Gasteiger partial charge in [0.25, 0.3) is 5.91 Å². The summed E-state index contributed by atoms with van der Waals surface area (Å²) in [5.41, 5.74) is 1.19. The van der Waals surface area contributed by atoms with E-state index in [1.54, 1.807) is 30.3 Å². The molecule has 1 amide bonds. The van der Waals surface area contributed by atoms with Gasteiger partial charge in [-0.25, -0.2) is 4.98 Å². The summed E-state index contributed by atoms with van der Waals surface area (Å²) in [6.07, 6.45) is 0. The number of halogens is 1. The Bertz CT molecular complexity index is 857. The summed E-state index contributed by atoms with van der Waals surface area (Å²) < 4.78 is 10.8. The lowest BCUT2D eigenvalue weighted by molar-refractivity contribution is 0.0997. The van der Waals surface area contributed by atoms with E-state index in [0.29, 0.717) is 27.9 Å². The smallest absolute Gasteiger partial charge is 0.291 e. The normalized spacial score (nSPS) is 10.6. The summed E-state index contributed by atoms with van der Waals surface area (Å²) in [6, 6.07) is 8.32. The number of aromatic nitrogens is 1. The molecule has 0 aliphatic heterocycles. The van der Waals surface area contributed by atoms with E-state index >= 15 is 0 Å². The van der Waals surface area contributed by atoms with E-state index in [-0.39, 0.29) is 11.7 Å². The molecule has 0 radical (unpaired) electrons. The second kappa shape index (κ2) is 6.44. The van der Waals surface area contributed by atoms with E-state index in [1.807, 2.05) is 12.3 Å². The molecule has 0 unspecified atom stereocenters. The molecule has 0 saturated carbocycles. The van der Waals surface area contributed by atoms with Crippen molar-refractivity contribution < 1.29 is 13.9 Å². The number of benzene rings is 1. The van der Waals surface area contributed by atoms with Crippen molar-refractivity contribution in [3.8, 4) is 17.2 Å². The zero-order chi connectivity index (χ0) is 16.4. The third kappa shape index (κ3) is 3.38. The van der Waals surface area contributed by atoms with Gasteiger partial charge in [0.05, 0.1) is 17.8 Å². The summed E-state index contributed by atoms with van der Waals surface area (Å²) in [5.74, 6) is 0.874. The Morgan fingerprint density at radius 2 is 2.17 bits per heavy atom. The van der Waals surface area contributed by atoms with E-state index in [4.69, 9.17) is 20.8 Å². The van der Waals surface area contributed by atoms with Crippen LogP contribution in [-0.4, -0.2) is 18.0 Å². The fourth-order valence-corrected chi connectivity index (χ4v) is 2.81. The number of carbonyl (C=O) groups excluding carboxylic acids is 1. The van der Waals surface area contributed by atoms with Crippen LogP contribution in [0.3, 0.4) is 0 Å². The molecule has 3 aromatic rings. The maximum absolute atomic E-state index is 12.3. The van der Waals surface area contributed by atoms with Crippen LogP contribution in [0, 0.1) is 6.92 Å². The summed E-state index contributed by atoms with van der Waals surface area (Å²) in [6.45, 7) is 1.91. The van der Waals surface area contributed by atoms with Gasteiger partial charge in [-0.1, -0.05) is 11.6 Å². The molecule has 23 heavy (non-hydrogen) atoms. The molecular formula is C16H13ClN2O3S. The van der Waals surface area contributed by atoms with Gasteiger partial charge < -0.3 is 14.5 Å². The number of hydrogen-bond acceptors (Lipinski definition) is 5. The number of hydrogen-bond donors (Lipinski definition) is 1. The predicted octanol–water partition coefficient (Wildman–Crippen LogP) is 4.63. The van der Waals surface area contributed by atoms with Gasteiger partial charge in [0, 0.05) is 10.4 Å². The van der Waals surface area contributed by atoms with Gasteiger partial charge in [-0.05, 0) is 37.3 Å². The minimum atomic E-state index is -0.385. The summed E-state index contributed by atoms with van der Waals surface area (Å²) in [4.78, 5) is 16.7. The first kappa shape index (κ1) is 15.6. The maximum atomic E-state index is 12.3. The van der Waals surface area contributed by atoms with Crippen LogP contribution in [0.4, 0.5) is 5.69 Å². The standard InChI is InChI=1S/C16H13ClN2O3S/c1-9-18-12(8-23-9)14-5-6-15(22-14)16(20)19-11-7-10(17)3-4-13(11)21-2/h3-8H,1-2H3,(H,19,20). The Labute approximate surface area is 141 Å². The second-order valence-electron chi connectivity index (χ2n) is 4.71. The largest absolute Gasteiger partial charge is 0.495 e. The molecule has 2 heterocycles. The average Bonchev–Trinajstić information content (AvgIpc) is 3.16. The number of nitrogens with zero attached hydrogens (tertiary/aromatic N) is 1. The van der Waals surface area contributed by atoms with Gasteiger partial charge in [-0.3, -0.25) is 4.79 Å². The van der Waals surface area contributed by atoms with Crippen molar-refractivity contribution in [1.82, 2.24) is 4.98 Å². The van der Waals surface area contributed by atoms with Crippen LogP contribution in [0.5, 0.6) is 5.75 Å². The quantitative estimate of drug-likeness (QED) is 0.746. The minimum absolute atomic E-state index is 0.188. The van der Waals surface area contributed by atoms with Crippen LogP contribution in [0.1, 0.15) is 15.6 Å². The van der Waals surface area contributed by atoms with Crippen molar-refractivity contribution in [2.45, 2.75) is 6.92 Å².